The highest BCUT2D eigenvalue weighted by Gasteiger charge is 2.54. The van der Waals surface area contributed by atoms with Crippen LogP contribution in [-0.2, 0) is 21.7 Å². The van der Waals surface area contributed by atoms with Gasteiger partial charge in [0.15, 0.2) is 0 Å². The summed E-state index contributed by atoms with van der Waals surface area (Å²) < 4.78 is 2.83. The zero-order valence-electron chi connectivity index (χ0n) is 17.1. The summed E-state index contributed by atoms with van der Waals surface area (Å²) in [6.45, 7) is 0.465. The first-order valence-electron chi connectivity index (χ1n) is 10.7. The fourth-order valence-corrected chi connectivity index (χ4v) is 5.03. The first kappa shape index (κ1) is 19.7. The second-order valence-electron chi connectivity index (χ2n) is 8.82. The molecule has 2 amide bonds. The second kappa shape index (κ2) is 7.47. The topological polar surface area (TPSA) is 135 Å². The van der Waals surface area contributed by atoms with Crippen molar-refractivity contribution in [1.82, 2.24) is 34.8 Å². The summed E-state index contributed by atoms with van der Waals surface area (Å²) in [5.74, 6) is 0.288. The number of piperidine rings is 1. The number of likely N-dealkylation sites (tertiary alicyclic amines) is 1. The van der Waals surface area contributed by atoms with Gasteiger partial charge in [-0.05, 0) is 44.4 Å². The number of carbonyl (C=O) groups excluding carboxylic acids is 2. The van der Waals surface area contributed by atoms with Gasteiger partial charge < -0.3 is 10.2 Å². The molecule has 0 spiro atoms. The van der Waals surface area contributed by atoms with Crippen LogP contribution in [0.1, 0.15) is 38.5 Å². The minimum atomic E-state index is -0.667. The standard InChI is InChI=1S/C20H25N7O4/c28-16-4-8-25(19(31)23-16)12-17(29)26-9-3-13-1-2-14(15(26)11-13)22-18(30)20(5-6-20)27-10-7-21-24-27/h4,7-8,10,13-15H,1-3,5-6,9,11-12H2,(H,22,30)(H,23,28,31). The Kier molecular flexibility index (Phi) is 4.75. The van der Waals surface area contributed by atoms with Crippen LogP contribution in [0.4, 0.5) is 0 Å². The molecule has 11 nitrogen and oxygen atoms in total. The summed E-state index contributed by atoms with van der Waals surface area (Å²) in [6, 6.07) is 0.985. The molecule has 2 N–H and O–H groups in total. The minimum Gasteiger partial charge on any atom is -0.349 e. The van der Waals surface area contributed by atoms with Crippen molar-refractivity contribution >= 4 is 11.8 Å². The lowest BCUT2D eigenvalue weighted by molar-refractivity contribution is -0.140. The summed E-state index contributed by atoms with van der Waals surface area (Å²) >= 11 is 0. The monoisotopic (exact) mass is 427 g/mol. The zero-order valence-corrected chi connectivity index (χ0v) is 17.1. The summed E-state index contributed by atoms with van der Waals surface area (Å²) in [5.41, 5.74) is -1.77. The van der Waals surface area contributed by atoms with Gasteiger partial charge in [0, 0.05) is 31.0 Å². The van der Waals surface area contributed by atoms with Gasteiger partial charge in [0.05, 0.1) is 12.2 Å². The maximum Gasteiger partial charge on any atom is 0.328 e. The summed E-state index contributed by atoms with van der Waals surface area (Å²) in [4.78, 5) is 53.4. The van der Waals surface area contributed by atoms with Gasteiger partial charge in [-0.1, -0.05) is 5.21 Å². The van der Waals surface area contributed by atoms with E-state index >= 15 is 0 Å². The molecular formula is C20H25N7O4. The number of aromatic amines is 1. The Bertz CT molecular complexity index is 1100. The van der Waals surface area contributed by atoms with Crippen molar-refractivity contribution in [3.05, 3.63) is 45.5 Å². The van der Waals surface area contributed by atoms with E-state index in [0.29, 0.717) is 12.5 Å². The maximum absolute atomic E-state index is 13.1. The molecule has 1 saturated heterocycles. The largest absolute Gasteiger partial charge is 0.349 e. The van der Waals surface area contributed by atoms with Crippen molar-refractivity contribution in [1.29, 1.82) is 0 Å². The number of carbonyl (C=O) groups is 2. The number of amides is 2. The van der Waals surface area contributed by atoms with Crippen molar-refractivity contribution in [2.75, 3.05) is 6.54 Å². The Balaban J connectivity index is 1.32. The molecule has 3 fully saturated rings. The number of fused-ring (bicyclic) bond motifs is 2. The number of nitrogens with zero attached hydrogens (tertiary/aromatic N) is 5. The van der Waals surface area contributed by atoms with Gasteiger partial charge in [0.25, 0.3) is 5.56 Å². The molecule has 3 atom stereocenters. The summed E-state index contributed by atoms with van der Waals surface area (Å²) in [6.07, 6.45) is 9.66. The number of hydrogen-bond donors (Lipinski definition) is 2. The molecule has 0 aromatic carbocycles. The minimum absolute atomic E-state index is 0.0729. The van der Waals surface area contributed by atoms with Crippen molar-refractivity contribution in [2.45, 2.75) is 62.7 Å². The average Bonchev–Trinajstić information content (AvgIpc) is 3.38. The van der Waals surface area contributed by atoms with Gasteiger partial charge in [-0.2, -0.15) is 0 Å². The van der Waals surface area contributed by atoms with Gasteiger partial charge in [-0.25, -0.2) is 9.48 Å². The van der Waals surface area contributed by atoms with E-state index in [2.05, 4.69) is 20.6 Å². The number of hydrogen-bond acceptors (Lipinski definition) is 6. The van der Waals surface area contributed by atoms with Gasteiger partial charge in [0.1, 0.15) is 12.1 Å². The number of aromatic nitrogens is 5. The van der Waals surface area contributed by atoms with E-state index in [1.807, 2.05) is 0 Å². The fraction of sp³-hybridized carbons (Fsp3) is 0.600. The SMILES string of the molecule is O=C(Cn1ccc(=O)[nH]c1=O)N1CCC2CCC(NC(=O)C3(n4ccnn4)CC3)C1C2. The van der Waals surface area contributed by atoms with Crippen LogP contribution in [0.15, 0.2) is 34.2 Å². The Morgan fingerprint density at radius 3 is 2.74 bits per heavy atom. The molecule has 3 heterocycles. The van der Waals surface area contributed by atoms with E-state index < -0.39 is 16.8 Å². The molecule has 1 aliphatic heterocycles. The van der Waals surface area contributed by atoms with Crippen LogP contribution in [0.5, 0.6) is 0 Å². The first-order chi connectivity index (χ1) is 15.0. The number of nitrogens with one attached hydrogen (secondary N) is 2. The molecule has 2 aromatic heterocycles. The van der Waals surface area contributed by atoms with Crippen LogP contribution in [0.3, 0.4) is 0 Å². The molecule has 2 aliphatic carbocycles. The maximum atomic E-state index is 13.1. The third kappa shape index (κ3) is 3.57. The summed E-state index contributed by atoms with van der Waals surface area (Å²) in [7, 11) is 0. The third-order valence-corrected chi connectivity index (χ3v) is 6.95. The molecule has 5 rings (SSSR count). The Morgan fingerprint density at radius 1 is 1.19 bits per heavy atom. The van der Waals surface area contributed by atoms with E-state index in [4.69, 9.17) is 0 Å². The van der Waals surface area contributed by atoms with Crippen LogP contribution in [0.25, 0.3) is 0 Å². The molecular weight excluding hydrogens is 402 g/mol. The van der Waals surface area contributed by atoms with Gasteiger partial charge >= 0.3 is 5.69 Å². The van der Waals surface area contributed by atoms with E-state index in [1.165, 1.54) is 16.8 Å². The third-order valence-electron chi connectivity index (χ3n) is 6.95. The molecule has 2 bridgehead atoms. The van der Waals surface area contributed by atoms with Crippen molar-refractivity contribution < 1.29 is 9.59 Å². The van der Waals surface area contributed by atoms with Crippen molar-refractivity contribution in [2.24, 2.45) is 5.92 Å². The average molecular weight is 427 g/mol. The summed E-state index contributed by atoms with van der Waals surface area (Å²) in [5, 5.41) is 11.0. The van der Waals surface area contributed by atoms with E-state index in [0.717, 1.165) is 38.5 Å². The molecule has 11 heteroatoms. The predicted octanol–water partition coefficient (Wildman–Crippen LogP) is -0.797. The van der Waals surface area contributed by atoms with E-state index in [1.54, 1.807) is 22.0 Å². The highest BCUT2D eigenvalue weighted by molar-refractivity contribution is 5.87. The van der Waals surface area contributed by atoms with Crippen molar-refractivity contribution in [3.8, 4) is 0 Å². The van der Waals surface area contributed by atoms with Crippen LogP contribution in [-0.4, -0.2) is 59.9 Å². The van der Waals surface area contributed by atoms with Crippen LogP contribution >= 0.6 is 0 Å². The van der Waals surface area contributed by atoms with Crippen molar-refractivity contribution in [3.63, 3.8) is 0 Å². The predicted molar refractivity (Wildman–Crippen MR) is 108 cm³/mol. The Hall–Kier alpha value is -3.24. The molecule has 164 valence electrons. The number of rotatable bonds is 5. The normalized spacial score (nSPS) is 26.3. The lowest BCUT2D eigenvalue weighted by Crippen LogP contribution is -2.61. The smallest absolute Gasteiger partial charge is 0.328 e. The van der Waals surface area contributed by atoms with Gasteiger partial charge in [-0.3, -0.25) is 23.9 Å². The van der Waals surface area contributed by atoms with Crippen LogP contribution in [0.2, 0.25) is 0 Å². The Labute approximate surface area is 177 Å². The molecule has 31 heavy (non-hydrogen) atoms. The molecule has 2 saturated carbocycles. The molecule has 2 aromatic rings. The fourth-order valence-electron chi connectivity index (χ4n) is 5.03. The van der Waals surface area contributed by atoms with Crippen LogP contribution in [0, 0.1) is 5.92 Å². The lowest BCUT2D eigenvalue weighted by atomic mass is 9.76. The molecule has 0 radical (unpaired) electrons. The second-order valence-corrected chi connectivity index (χ2v) is 8.82. The van der Waals surface area contributed by atoms with E-state index in [9.17, 15) is 19.2 Å². The molecule has 3 aliphatic rings. The Morgan fingerprint density at radius 2 is 2.03 bits per heavy atom. The highest BCUT2D eigenvalue weighted by Crippen LogP contribution is 2.44. The van der Waals surface area contributed by atoms with E-state index in [-0.39, 0.29) is 30.4 Å². The van der Waals surface area contributed by atoms with Crippen LogP contribution < -0.4 is 16.6 Å². The van der Waals surface area contributed by atoms with Gasteiger partial charge in [0.2, 0.25) is 11.8 Å². The molecule has 3 unspecified atom stereocenters. The quantitative estimate of drug-likeness (QED) is 0.642. The highest BCUT2D eigenvalue weighted by atomic mass is 16.2. The lowest BCUT2D eigenvalue weighted by Gasteiger charge is -2.47. The zero-order chi connectivity index (χ0) is 21.6. The van der Waals surface area contributed by atoms with Gasteiger partial charge in [-0.15, -0.1) is 5.10 Å². The number of H-pyrrole nitrogens is 1. The first-order valence-corrected chi connectivity index (χ1v) is 10.7.